The quantitative estimate of drug-likeness (QED) is 0.850. The van der Waals surface area contributed by atoms with E-state index in [-0.39, 0.29) is 5.91 Å². The second-order valence-electron chi connectivity index (χ2n) is 4.03. The molecule has 1 aromatic heterocycles. The van der Waals surface area contributed by atoms with Gasteiger partial charge in [0.2, 0.25) is 0 Å². The first kappa shape index (κ1) is 14.1. The molecule has 20 heavy (non-hydrogen) atoms. The van der Waals surface area contributed by atoms with Crippen LogP contribution in [0.5, 0.6) is 0 Å². The van der Waals surface area contributed by atoms with Crippen molar-refractivity contribution >= 4 is 23.2 Å². The van der Waals surface area contributed by atoms with Crippen LogP contribution in [-0.2, 0) is 0 Å². The summed E-state index contributed by atoms with van der Waals surface area (Å²) in [6.07, 6.45) is 4.98. The van der Waals surface area contributed by atoms with E-state index in [1.807, 2.05) is 31.2 Å². The van der Waals surface area contributed by atoms with E-state index in [9.17, 15) is 4.79 Å². The molecular weight excluding hydrogens is 274 g/mol. The summed E-state index contributed by atoms with van der Waals surface area (Å²) in [6, 6.07) is 10.8. The van der Waals surface area contributed by atoms with Crippen molar-refractivity contribution < 1.29 is 4.79 Å². The molecule has 0 aliphatic rings. The molecule has 2 aromatic rings. The molecule has 1 amide bonds. The Balaban J connectivity index is 2.04. The van der Waals surface area contributed by atoms with Crippen molar-refractivity contribution in [2.24, 2.45) is 0 Å². The molecule has 1 heterocycles. The summed E-state index contributed by atoms with van der Waals surface area (Å²) in [7, 11) is 0. The van der Waals surface area contributed by atoms with Gasteiger partial charge in [-0.2, -0.15) is 0 Å². The number of carbonyl (C=O) groups excluding carboxylic acids is 1. The molecule has 0 radical (unpaired) electrons. The molecule has 0 unspecified atom stereocenters. The Kier molecular flexibility index (Phi) is 4.74. The number of nitrogens with zero attached hydrogens (tertiary/aromatic N) is 1. The van der Waals surface area contributed by atoms with Crippen LogP contribution in [0, 0.1) is 0 Å². The normalized spacial score (nSPS) is 11.0. The van der Waals surface area contributed by atoms with Gasteiger partial charge >= 0.3 is 0 Å². The van der Waals surface area contributed by atoms with Gasteiger partial charge in [-0.05, 0) is 31.2 Å². The van der Waals surface area contributed by atoms with Crippen molar-refractivity contribution in [2.75, 3.05) is 0 Å². The average Bonchev–Trinajstić information content (AvgIpc) is 2.48. The van der Waals surface area contributed by atoms with Gasteiger partial charge < -0.3 is 0 Å². The van der Waals surface area contributed by atoms with Crippen LogP contribution >= 0.6 is 11.6 Å². The summed E-state index contributed by atoms with van der Waals surface area (Å²) in [5.74, 6) is -0.250. The highest BCUT2D eigenvalue weighted by Crippen LogP contribution is 2.16. The molecular formula is C15H14ClN3O. The van der Waals surface area contributed by atoms with Gasteiger partial charge in [-0.15, -0.1) is 0 Å². The minimum Gasteiger partial charge on any atom is -0.298 e. The third-order valence-electron chi connectivity index (χ3n) is 2.66. The molecule has 0 saturated heterocycles. The molecule has 2 N–H and O–H groups in total. The summed E-state index contributed by atoms with van der Waals surface area (Å²) >= 11 is 5.95. The number of hydrazine groups is 1. The molecule has 1 aromatic carbocycles. The van der Waals surface area contributed by atoms with Crippen LogP contribution in [0.3, 0.4) is 0 Å². The number of halogens is 1. The lowest BCUT2D eigenvalue weighted by atomic mass is 10.1. The second kappa shape index (κ2) is 6.73. The zero-order valence-corrected chi connectivity index (χ0v) is 11.7. The second-order valence-corrected chi connectivity index (χ2v) is 4.47. The number of hydrogen-bond donors (Lipinski definition) is 2. The SMILES string of the molecule is CC=C(NNC(=O)c1cccnc1)c1cccc(Cl)c1. The van der Waals surface area contributed by atoms with Gasteiger partial charge in [-0.3, -0.25) is 20.6 Å². The van der Waals surface area contributed by atoms with Crippen molar-refractivity contribution in [3.63, 3.8) is 0 Å². The van der Waals surface area contributed by atoms with E-state index in [1.54, 1.807) is 24.4 Å². The molecule has 0 saturated carbocycles. The minimum atomic E-state index is -0.250. The maximum atomic E-state index is 11.9. The zero-order valence-electron chi connectivity index (χ0n) is 10.9. The van der Waals surface area contributed by atoms with Gasteiger partial charge in [-0.25, -0.2) is 0 Å². The number of amides is 1. The van der Waals surface area contributed by atoms with E-state index >= 15 is 0 Å². The van der Waals surface area contributed by atoms with E-state index < -0.39 is 0 Å². The van der Waals surface area contributed by atoms with E-state index in [2.05, 4.69) is 15.8 Å². The molecule has 2 rings (SSSR count). The molecule has 0 aliphatic heterocycles. The van der Waals surface area contributed by atoms with Crippen molar-refractivity contribution in [3.05, 3.63) is 71.0 Å². The van der Waals surface area contributed by atoms with E-state index in [4.69, 9.17) is 11.6 Å². The lowest BCUT2D eigenvalue weighted by Gasteiger charge is -2.12. The van der Waals surface area contributed by atoms with Crippen LogP contribution in [0.25, 0.3) is 5.70 Å². The number of pyridine rings is 1. The molecule has 102 valence electrons. The summed E-state index contributed by atoms with van der Waals surface area (Å²) in [4.78, 5) is 15.8. The standard InChI is InChI=1S/C15H14ClN3O/c1-2-14(11-5-3-7-13(16)9-11)18-19-15(20)12-6-4-8-17-10-12/h2-10,18H,1H3,(H,19,20). The zero-order chi connectivity index (χ0) is 14.4. The van der Waals surface area contributed by atoms with Crippen LogP contribution in [-0.4, -0.2) is 10.9 Å². The Labute approximate surface area is 122 Å². The molecule has 4 nitrogen and oxygen atoms in total. The summed E-state index contributed by atoms with van der Waals surface area (Å²) < 4.78 is 0. The number of carbonyl (C=O) groups is 1. The molecule has 0 atom stereocenters. The molecule has 0 bridgehead atoms. The third kappa shape index (κ3) is 3.59. The molecule has 5 heteroatoms. The van der Waals surface area contributed by atoms with E-state index in [1.165, 1.54) is 6.20 Å². The number of aromatic nitrogens is 1. The highest BCUT2D eigenvalue weighted by atomic mass is 35.5. The van der Waals surface area contributed by atoms with Gasteiger partial charge in [0, 0.05) is 23.0 Å². The Morgan fingerprint density at radius 3 is 2.65 bits per heavy atom. The first-order chi connectivity index (χ1) is 9.70. The Morgan fingerprint density at radius 1 is 1.20 bits per heavy atom. The fourth-order valence-electron chi connectivity index (χ4n) is 1.66. The predicted molar refractivity (Wildman–Crippen MR) is 79.9 cm³/mol. The highest BCUT2D eigenvalue weighted by Gasteiger charge is 2.06. The first-order valence-electron chi connectivity index (χ1n) is 6.09. The summed E-state index contributed by atoms with van der Waals surface area (Å²) in [6.45, 7) is 1.87. The van der Waals surface area contributed by atoms with Crippen LogP contribution in [0.2, 0.25) is 5.02 Å². The molecule has 0 aliphatic carbocycles. The van der Waals surface area contributed by atoms with Crippen molar-refractivity contribution in [1.82, 2.24) is 15.8 Å². The molecule has 0 fully saturated rings. The largest absolute Gasteiger partial charge is 0.298 e. The maximum Gasteiger partial charge on any atom is 0.271 e. The van der Waals surface area contributed by atoms with Crippen molar-refractivity contribution in [2.45, 2.75) is 6.92 Å². The van der Waals surface area contributed by atoms with E-state index in [0.717, 1.165) is 11.3 Å². The first-order valence-corrected chi connectivity index (χ1v) is 6.47. The lowest BCUT2D eigenvalue weighted by Crippen LogP contribution is -2.36. The number of benzene rings is 1. The fraction of sp³-hybridized carbons (Fsp3) is 0.0667. The topological polar surface area (TPSA) is 54.0 Å². The van der Waals surface area contributed by atoms with Gasteiger partial charge in [-0.1, -0.05) is 29.8 Å². The Bertz CT molecular complexity index is 626. The number of hydrogen-bond acceptors (Lipinski definition) is 3. The highest BCUT2D eigenvalue weighted by molar-refractivity contribution is 6.30. The van der Waals surface area contributed by atoms with Gasteiger partial charge in [0.1, 0.15) is 0 Å². The Morgan fingerprint density at radius 2 is 2.00 bits per heavy atom. The van der Waals surface area contributed by atoms with Crippen LogP contribution < -0.4 is 10.9 Å². The monoisotopic (exact) mass is 287 g/mol. The van der Waals surface area contributed by atoms with Crippen LogP contribution in [0.4, 0.5) is 0 Å². The van der Waals surface area contributed by atoms with Crippen molar-refractivity contribution in [3.8, 4) is 0 Å². The maximum absolute atomic E-state index is 11.9. The number of allylic oxidation sites excluding steroid dienone is 1. The van der Waals surface area contributed by atoms with Gasteiger partial charge in [0.15, 0.2) is 0 Å². The Hall–Kier alpha value is -2.33. The summed E-state index contributed by atoms with van der Waals surface area (Å²) in [5, 5.41) is 0.641. The van der Waals surface area contributed by atoms with Crippen LogP contribution in [0.1, 0.15) is 22.8 Å². The average molecular weight is 288 g/mol. The van der Waals surface area contributed by atoms with Crippen molar-refractivity contribution in [1.29, 1.82) is 0 Å². The summed E-state index contributed by atoms with van der Waals surface area (Å²) in [5.41, 5.74) is 7.66. The predicted octanol–water partition coefficient (Wildman–Crippen LogP) is 3.03. The van der Waals surface area contributed by atoms with Gasteiger partial charge in [0.25, 0.3) is 5.91 Å². The van der Waals surface area contributed by atoms with Gasteiger partial charge in [0.05, 0.1) is 11.3 Å². The fourth-order valence-corrected chi connectivity index (χ4v) is 1.85. The van der Waals surface area contributed by atoms with Crippen LogP contribution in [0.15, 0.2) is 54.9 Å². The minimum absolute atomic E-state index is 0.250. The third-order valence-corrected chi connectivity index (χ3v) is 2.89. The molecule has 0 spiro atoms. The lowest BCUT2D eigenvalue weighted by molar-refractivity contribution is 0.0942. The van der Waals surface area contributed by atoms with E-state index in [0.29, 0.717) is 10.6 Å². The number of nitrogens with one attached hydrogen (secondary N) is 2. The smallest absolute Gasteiger partial charge is 0.271 e. The number of rotatable bonds is 4.